The summed E-state index contributed by atoms with van der Waals surface area (Å²) >= 11 is 0. The number of imidazole rings is 1. The van der Waals surface area contributed by atoms with Crippen LogP contribution >= 0.6 is 0 Å². The van der Waals surface area contributed by atoms with Gasteiger partial charge in [-0.1, -0.05) is 0 Å². The standard InChI is InChI=1S/C14H18N2O3/c1-9(2)19-8-14-15-10-6-12-13(7-11(10)16-14)18-5-3-4-17-12/h6-7,9H,3-5,8H2,1-2H3,(H,15,16). The van der Waals surface area contributed by atoms with Crippen molar-refractivity contribution >= 4 is 11.0 Å². The highest BCUT2D eigenvalue weighted by Crippen LogP contribution is 2.33. The predicted octanol–water partition coefficient (Wildman–Crippen LogP) is 2.65. The second-order valence-electron chi connectivity index (χ2n) is 4.91. The van der Waals surface area contributed by atoms with E-state index in [1.807, 2.05) is 26.0 Å². The maximum absolute atomic E-state index is 5.66. The third kappa shape index (κ3) is 2.66. The highest BCUT2D eigenvalue weighted by Gasteiger charge is 2.14. The zero-order valence-electron chi connectivity index (χ0n) is 11.2. The predicted molar refractivity (Wildman–Crippen MR) is 71.6 cm³/mol. The maximum atomic E-state index is 5.66. The number of H-pyrrole nitrogens is 1. The SMILES string of the molecule is CC(C)OCc1nc2cc3c(cc2[nH]1)OCCCO3. The third-order valence-corrected chi connectivity index (χ3v) is 2.95. The van der Waals surface area contributed by atoms with Crippen molar-refractivity contribution in [1.82, 2.24) is 9.97 Å². The van der Waals surface area contributed by atoms with Crippen LogP contribution in [-0.2, 0) is 11.3 Å². The maximum Gasteiger partial charge on any atom is 0.163 e. The fourth-order valence-electron chi connectivity index (χ4n) is 2.03. The first kappa shape index (κ1) is 12.3. The summed E-state index contributed by atoms with van der Waals surface area (Å²) in [4.78, 5) is 7.76. The van der Waals surface area contributed by atoms with Gasteiger partial charge < -0.3 is 19.2 Å². The smallest absolute Gasteiger partial charge is 0.163 e. The lowest BCUT2D eigenvalue weighted by Crippen LogP contribution is -2.03. The summed E-state index contributed by atoms with van der Waals surface area (Å²) in [5.74, 6) is 2.38. The molecule has 2 aromatic rings. The van der Waals surface area contributed by atoms with Gasteiger partial charge >= 0.3 is 0 Å². The van der Waals surface area contributed by atoms with E-state index in [2.05, 4.69) is 9.97 Å². The molecular formula is C14H18N2O3. The molecular weight excluding hydrogens is 244 g/mol. The Labute approximate surface area is 111 Å². The molecule has 1 aliphatic heterocycles. The van der Waals surface area contributed by atoms with Crippen LogP contribution in [0.25, 0.3) is 11.0 Å². The van der Waals surface area contributed by atoms with Crippen LogP contribution in [0.2, 0.25) is 0 Å². The molecule has 0 spiro atoms. The lowest BCUT2D eigenvalue weighted by Gasteiger charge is -2.05. The van der Waals surface area contributed by atoms with E-state index in [0.29, 0.717) is 19.8 Å². The van der Waals surface area contributed by atoms with Crippen molar-refractivity contribution < 1.29 is 14.2 Å². The van der Waals surface area contributed by atoms with E-state index in [-0.39, 0.29) is 6.10 Å². The number of rotatable bonds is 3. The molecule has 0 fully saturated rings. The number of nitrogens with one attached hydrogen (secondary N) is 1. The lowest BCUT2D eigenvalue weighted by atomic mass is 10.3. The number of aromatic nitrogens is 2. The van der Waals surface area contributed by atoms with Crippen molar-refractivity contribution in [2.75, 3.05) is 13.2 Å². The van der Waals surface area contributed by atoms with Crippen molar-refractivity contribution in [3.63, 3.8) is 0 Å². The second kappa shape index (κ2) is 5.09. The van der Waals surface area contributed by atoms with Crippen LogP contribution in [0.15, 0.2) is 12.1 Å². The van der Waals surface area contributed by atoms with Crippen LogP contribution in [0.3, 0.4) is 0 Å². The van der Waals surface area contributed by atoms with Gasteiger partial charge in [-0.15, -0.1) is 0 Å². The molecule has 0 aliphatic carbocycles. The molecule has 0 bridgehead atoms. The molecule has 0 unspecified atom stereocenters. The van der Waals surface area contributed by atoms with Crippen molar-refractivity contribution in [2.45, 2.75) is 33.0 Å². The van der Waals surface area contributed by atoms with Gasteiger partial charge in [0.1, 0.15) is 12.4 Å². The first-order valence-electron chi connectivity index (χ1n) is 6.62. The van der Waals surface area contributed by atoms with Gasteiger partial charge in [-0.2, -0.15) is 0 Å². The summed E-state index contributed by atoms with van der Waals surface area (Å²) in [6, 6.07) is 3.87. The Bertz CT molecular complexity index is 534. The highest BCUT2D eigenvalue weighted by atomic mass is 16.5. The van der Waals surface area contributed by atoms with Crippen LogP contribution in [0.4, 0.5) is 0 Å². The van der Waals surface area contributed by atoms with Gasteiger partial charge in [-0.25, -0.2) is 4.98 Å². The number of ether oxygens (including phenoxy) is 3. The second-order valence-corrected chi connectivity index (χ2v) is 4.91. The van der Waals surface area contributed by atoms with Gasteiger partial charge in [0.2, 0.25) is 0 Å². The van der Waals surface area contributed by atoms with Crippen molar-refractivity contribution in [2.24, 2.45) is 0 Å². The van der Waals surface area contributed by atoms with Crippen molar-refractivity contribution in [1.29, 1.82) is 0 Å². The number of benzene rings is 1. The topological polar surface area (TPSA) is 56.4 Å². The van der Waals surface area contributed by atoms with E-state index in [9.17, 15) is 0 Å². The molecule has 19 heavy (non-hydrogen) atoms. The van der Waals surface area contributed by atoms with Crippen molar-refractivity contribution in [3.05, 3.63) is 18.0 Å². The van der Waals surface area contributed by atoms with Gasteiger partial charge in [0, 0.05) is 18.6 Å². The average Bonchev–Trinajstić information content (AvgIpc) is 2.63. The van der Waals surface area contributed by atoms with Gasteiger partial charge in [0.25, 0.3) is 0 Å². The Hall–Kier alpha value is -1.75. The fraction of sp³-hybridized carbons (Fsp3) is 0.500. The van der Waals surface area contributed by atoms with Crippen LogP contribution in [0, 0.1) is 0 Å². The molecule has 0 saturated carbocycles. The van der Waals surface area contributed by atoms with E-state index in [1.54, 1.807) is 0 Å². The number of aromatic amines is 1. The minimum atomic E-state index is 0.191. The molecule has 1 N–H and O–H groups in total. The molecule has 5 nitrogen and oxygen atoms in total. The molecule has 1 aromatic heterocycles. The molecule has 1 aromatic carbocycles. The summed E-state index contributed by atoms with van der Waals surface area (Å²) in [5.41, 5.74) is 1.83. The van der Waals surface area contributed by atoms with Gasteiger partial charge in [-0.05, 0) is 13.8 Å². The Morgan fingerprint density at radius 1 is 1.26 bits per heavy atom. The highest BCUT2D eigenvalue weighted by molar-refractivity contribution is 5.79. The first-order valence-corrected chi connectivity index (χ1v) is 6.62. The zero-order valence-corrected chi connectivity index (χ0v) is 11.2. The summed E-state index contributed by atoms with van der Waals surface area (Å²) in [7, 11) is 0. The van der Waals surface area contributed by atoms with E-state index >= 15 is 0 Å². The average molecular weight is 262 g/mol. The molecule has 0 amide bonds. The van der Waals surface area contributed by atoms with E-state index in [1.165, 1.54) is 0 Å². The van der Waals surface area contributed by atoms with Gasteiger partial charge in [-0.3, -0.25) is 0 Å². The quantitative estimate of drug-likeness (QED) is 0.924. The number of fused-ring (bicyclic) bond motifs is 2. The van der Waals surface area contributed by atoms with Gasteiger partial charge in [0.05, 0.1) is 30.4 Å². The fourth-order valence-corrected chi connectivity index (χ4v) is 2.03. The minimum Gasteiger partial charge on any atom is -0.489 e. The largest absolute Gasteiger partial charge is 0.489 e. The summed E-state index contributed by atoms with van der Waals surface area (Å²) in [5, 5.41) is 0. The van der Waals surface area contributed by atoms with E-state index in [0.717, 1.165) is 34.8 Å². The molecule has 1 aliphatic rings. The molecule has 0 atom stereocenters. The molecule has 0 saturated heterocycles. The minimum absolute atomic E-state index is 0.191. The van der Waals surface area contributed by atoms with E-state index < -0.39 is 0 Å². The van der Waals surface area contributed by atoms with Crippen molar-refractivity contribution in [3.8, 4) is 11.5 Å². The molecule has 2 heterocycles. The molecule has 102 valence electrons. The van der Waals surface area contributed by atoms with E-state index in [4.69, 9.17) is 14.2 Å². The first-order chi connectivity index (χ1) is 9.22. The molecule has 3 rings (SSSR count). The van der Waals surface area contributed by atoms with Crippen LogP contribution < -0.4 is 9.47 Å². The molecule has 0 radical (unpaired) electrons. The Morgan fingerprint density at radius 2 is 2.00 bits per heavy atom. The zero-order chi connectivity index (χ0) is 13.2. The Kier molecular flexibility index (Phi) is 3.29. The van der Waals surface area contributed by atoms with Crippen LogP contribution in [0.5, 0.6) is 11.5 Å². The Morgan fingerprint density at radius 3 is 2.74 bits per heavy atom. The van der Waals surface area contributed by atoms with Crippen LogP contribution in [0.1, 0.15) is 26.1 Å². The molecule has 5 heteroatoms. The monoisotopic (exact) mass is 262 g/mol. The number of hydrogen-bond donors (Lipinski definition) is 1. The van der Waals surface area contributed by atoms with Crippen LogP contribution in [-0.4, -0.2) is 29.3 Å². The summed E-state index contributed by atoms with van der Waals surface area (Å²) < 4.78 is 16.9. The lowest BCUT2D eigenvalue weighted by molar-refractivity contribution is 0.0618. The number of hydrogen-bond acceptors (Lipinski definition) is 4. The summed E-state index contributed by atoms with van der Waals surface area (Å²) in [6.45, 7) is 5.88. The number of nitrogens with zero attached hydrogens (tertiary/aromatic N) is 1. The normalized spacial score (nSPS) is 14.9. The Balaban J connectivity index is 1.90. The summed E-state index contributed by atoms with van der Waals surface area (Å²) in [6.07, 6.45) is 1.10. The third-order valence-electron chi connectivity index (χ3n) is 2.95. The van der Waals surface area contributed by atoms with Gasteiger partial charge in [0.15, 0.2) is 11.5 Å².